The van der Waals surface area contributed by atoms with Crippen molar-refractivity contribution in [1.82, 2.24) is 4.98 Å². The molecular formula is C10H13N3O4. The summed E-state index contributed by atoms with van der Waals surface area (Å²) in [6.45, 7) is 0. The molecular weight excluding hydrogens is 226 g/mol. The topological polar surface area (TPSA) is 108 Å². The van der Waals surface area contributed by atoms with Crippen LogP contribution < -0.4 is 5.73 Å². The van der Waals surface area contributed by atoms with Gasteiger partial charge in [0.05, 0.1) is 17.7 Å². The highest BCUT2D eigenvalue weighted by Gasteiger charge is 2.12. The van der Waals surface area contributed by atoms with Gasteiger partial charge in [-0.25, -0.2) is 0 Å². The van der Waals surface area contributed by atoms with Crippen LogP contribution in [0.2, 0.25) is 0 Å². The zero-order valence-electron chi connectivity index (χ0n) is 9.33. The molecule has 1 unspecified atom stereocenters. The molecule has 0 aliphatic heterocycles. The Morgan fingerprint density at radius 3 is 2.82 bits per heavy atom. The molecule has 0 saturated heterocycles. The summed E-state index contributed by atoms with van der Waals surface area (Å²) in [4.78, 5) is 24.7. The Balaban J connectivity index is 2.60. The summed E-state index contributed by atoms with van der Waals surface area (Å²) in [5.41, 5.74) is 6.21. The molecule has 0 bridgehead atoms. The van der Waals surface area contributed by atoms with Gasteiger partial charge in [0, 0.05) is 18.5 Å². The first-order chi connectivity index (χ1) is 8.04. The molecule has 7 heteroatoms. The number of rotatable bonds is 5. The van der Waals surface area contributed by atoms with Crippen molar-refractivity contribution < 1.29 is 14.5 Å². The molecule has 1 aromatic heterocycles. The number of aromatic nitrogens is 1. The first-order valence-corrected chi connectivity index (χ1v) is 4.97. The maximum absolute atomic E-state index is 10.9. The molecule has 92 valence electrons. The van der Waals surface area contributed by atoms with E-state index in [0.717, 1.165) is 6.20 Å². The van der Waals surface area contributed by atoms with Crippen molar-refractivity contribution in [3.63, 3.8) is 0 Å². The van der Waals surface area contributed by atoms with Gasteiger partial charge in [-0.3, -0.25) is 19.9 Å². The van der Waals surface area contributed by atoms with Gasteiger partial charge in [0.1, 0.15) is 6.20 Å². The van der Waals surface area contributed by atoms with Gasteiger partial charge in [-0.1, -0.05) is 0 Å². The van der Waals surface area contributed by atoms with Gasteiger partial charge in [0.25, 0.3) is 5.69 Å². The van der Waals surface area contributed by atoms with Crippen LogP contribution in [0.25, 0.3) is 0 Å². The standard InChI is InChI=1S/C10H13N3O4/c1-17-10(14)5-3-8(11)9-4-2-7(6-12-9)13(15)16/h2,4,6,8H,3,5,11H2,1H3. The predicted octanol–water partition coefficient (Wildman–Crippen LogP) is 0.943. The zero-order valence-corrected chi connectivity index (χ0v) is 9.33. The molecule has 0 aromatic carbocycles. The lowest BCUT2D eigenvalue weighted by molar-refractivity contribution is -0.385. The Morgan fingerprint density at radius 1 is 1.65 bits per heavy atom. The van der Waals surface area contributed by atoms with E-state index in [1.54, 1.807) is 0 Å². The molecule has 0 spiro atoms. The van der Waals surface area contributed by atoms with Crippen molar-refractivity contribution in [3.05, 3.63) is 34.1 Å². The van der Waals surface area contributed by atoms with Gasteiger partial charge < -0.3 is 10.5 Å². The molecule has 0 aliphatic rings. The van der Waals surface area contributed by atoms with Gasteiger partial charge in [0.2, 0.25) is 0 Å². The Bertz CT molecular complexity index is 405. The third kappa shape index (κ3) is 3.80. The third-order valence-electron chi connectivity index (χ3n) is 2.25. The number of hydrogen-bond acceptors (Lipinski definition) is 6. The van der Waals surface area contributed by atoms with E-state index < -0.39 is 11.0 Å². The minimum Gasteiger partial charge on any atom is -0.469 e. The maximum Gasteiger partial charge on any atom is 0.305 e. The van der Waals surface area contributed by atoms with Gasteiger partial charge in [-0.2, -0.15) is 0 Å². The van der Waals surface area contributed by atoms with Crippen LogP contribution in [-0.4, -0.2) is 23.0 Å². The summed E-state index contributed by atoms with van der Waals surface area (Å²) in [6, 6.07) is 2.38. The summed E-state index contributed by atoms with van der Waals surface area (Å²) in [5, 5.41) is 10.4. The first kappa shape index (κ1) is 13.0. The second-order valence-electron chi connectivity index (χ2n) is 3.42. The van der Waals surface area contributed by atoms with E-state index in [4.69, 9.17) is 5.73 Å². The Labute approximate surface area is 97.7 Å². The summed E-state index contributed by atoms with van der Waals surface area (Å²) >= 11 is 0. The molecule has 0 saturated carbocycles. The summed E-state index contributed by atoms with van der Waals surface area (Å²) in [6.07, 6.45) is 1.72. The van der Waals surface area contributed by atoms with Crippen molar-refractivity contribution in [2.24, 2.45) is 5.73 Å². The maximum atomic E-state index is 10.9. The quantitative estimate of drug-likeness (QED) is 0.465. The number of methoxy groups -OCH3 is 1. The van der Waals surface area contributed by atoms with E-state index in [1.807, 2.05) is 0 Å². The number of nitrogens with zero attached hydrogens (tertiary/aromatic N) is 2. The minimum absolute atomic E-state index is 0.0890. The number of ether oxygens (including phenoxy) is 1. The van der Waals surface area contributed by atoms with E-state index in [1.165, 1.54) is 19.2 Å². The number of carbonyl (C=O) groups excluding carboxylic acids is 1. The molecule has 1 rings (SSSR count). The van der Waals surface area contributed by atoms with E-state index in [-0.39, 0.29) is 18.1 Å². The highest BCUT2D eigenvalue weighted by Crippen LogP contribution is 2.16. The molecule has 1 aromatic rings. The van der Waals surface area contributed by atoms with Gasteiger partial charge >= 0.3 is 5.97 Å². The number of carbonyl (C=O) groups is 1. The average molecular weight is 239 g/mol. The molecule has 17 heavy (non-hydrogen) atoms. The van der Waals surface area contributed by atoms with Crippen LogP contribution in [0.15, 0.2) is 18.3 Å². The molecule has 0 amide bonds. The lowest BCUT2D eigenvalue weighted by atomic mass is 10.1. The van der Waals surface area contributed by atoms with Crippen molar-refractivity contribution in [2.45, 2.75) is 18.9 Å². The van der Waals surface area contributed by atoms with Gasteiger partial charge in [0.15, 0.2) is 0 Å². The van der Waals surface area contributed by atoms with E-state index >= 15 is 0 Å². The molecule has 1 heterocycles. The van der Waals surface area contributed by atoms with E-state index in [0.29, 0.717) is 12.1 Å². The average Bonchev–Trinajstić information content (AvgIpc) is 2.35. The lowest BCUT2D eigenvalue weighted by Gasteiger charge is -2.09. The second-order valence-corrected chi connectivity index (χ2v) is 3.42. The van der Waals surface area contributed by atoms with Crippen molar-refractivity contribution in [3.8, 4) is 0 Å². The lowest BCUT2D eigenvalue weighted by Crippen LogP contribution is -2.14. The van der Waals surface area contributed by atoms with Crippen LogP contribution >= 0.6 is 0 Å². The summed E-state index contributed by atoms with van der Waals surface area (Å²) in [5.74, 6) is -0.345. The Morgan fingerprint density at radius 2 is 2.35 bits per heavy atom. The molecule has 0 fully saturated rings. The SMILES string of the molecule is COC(=O)CCC(N)c1ccc([N+](=O)[O-])cn1. The van der Waals surface area contributed by atoms with E-state index in [2.05, 4.69) is 9.72 Å². The van der Waals surface area contributed by atoms with Crippen LogP contribution in [0, 0.1) is 10.1 Å². The molecule has 0 aliphatic carbocycles. The fraction of sp³-hybridized carbons (Fsp3) is 0.400. The fourth-order valence-electron chi connectivity index (χ4n) is 1.25. The van der Waals surface area contributed by atoms with Crippen LogP contribution in [0.3, 0.4) is 0 Å². The number of esters is 1. The minimum atomic E-state index is -0.531. The number of hydrogen-bond donors (Lipinski definition) is 1. The van der Waals surface area contributed by atoms with E-state index in [9.17, 15) is 14.9 Å². The first-order valence-electron chi connectivity index (χ1n) is 4.97. The summed E-state index contributed by atoms with van der Waals surface area (Å²) < 4.78 is 4.48. The number of nitro groups is 1. The Kier molecular flexibility index (Phi) is 4.53. The molecule has 0 radical (unpaired) electrons. The van der Waals surface area contributed by atoms with Crippen LogP contribution in [0.5, 0.6) is 0 Å². The largest absolute Gasteiger partial charge is 0.469 e. The fourth-order valence-corrected chi connectivity index (χ4v) is 1.25. The highest BCUT2D eigenvalue weighted by atomic mass is 16.6. The number of pyridine rings is 1. The zero-order chi connectivity index (χ0) is 12.8. The van der Waals surface area contributed by atoms with Gasteiger partial charge in [-0.05, 0) is 12.5 Å². The van der Waals surface area contributed by atoms with Crippen LogP contribution in [0.1, 0.15) is 24.6 Å². The van der Waals surface area contributed by atoms with Crippen molar-refractivity contribution in [2.75, 3.05) is 7.11 Å². The molecule has 7 nitrogen and oxygen atoms in total. The molecule has 2 N–H and O–H groups in total. The Hall–Kier alpha value is -2.02. The van der Waals surface area contributed by atoms with Crippen LogP contribution in [-0.2, 0) is 9.53 Å². The van der Waals surface area contributed by atoms with Crippen molar-refractivity contribution >= 4 is 11.7 Å². The second kappa shape index (κ2) is 5.90. The summed E-state index contributed by atoms with van der Waals surface area (Å²) in [7, 11) is 1.30. The monoisotopic (exact) mass is 239 g/mol. The normalized spacial score (nSPS) is 11.9. The predicted molar refractivity (Wildman–Crippen MR) is 59.1 cm³/mol. The van der Waals surface area contributed by atoms with Crippen LogP contribution in [0.4, 0.5) is 5.69 Å². The van der Waals surface area contributed by atoms with Crippen molar-refractivity contribution in [1.29, 1.82) is 0 Å². The smallest absolute Gasteiger partial charge is 0.305 e. The third-order valence-corrected chi connectivity index (χ3v) is 2.25. The number of nitrogens with two attached hydrogens (primary N) is 1. The van der Waals surface area contributed by atoms with Gasteiger partial charge in [-0.15, -0.1) is 0 Å². The molecule has 1 atom stereocenters. The highest BCUT2D eigenvalue weighted by molar-refractivity contribution is 5.69.